The highest BCUT2D eigenvalue weighted by atomic mass is 79.9. The van der Waals surface area contributed by atoms with E-state index in [1.54, 1.807) is 0 Å². The molecule has 0 saturated carbocycles. The average molecular weight is 370 g/mol. The third kappa shape index (κ3) is 4.99. The minimum absolute atomic E-state index is 0.00101. The van der Waals surface area contributed by atoms with Crippen LogP contribution in [0.4, 0.5) is 0 Å². The summed E-state index contributed by atoms with van der Waals surface area (Å²) in [4.78, 5) is 4.41. The lowest BCUT2D eigenvalue weighted by Gasteiger charge is -2.24. The van der Waals surface area contributed by atoms with Crippen molar-refractivity contribution >= 4 is 27.5 Å². The average Bonchev–Trinajstić information content (AvgIpc) is 2.46. The van der Waals surface area contributed by atoms with Gasteiger partial charge >= 0.3 is 0 Å². The van der Waals surface area contributed by atoms with Gasteiger partial charge in [-0.1, -0.05) is 17.7 Å². The summed E-state index contributed by atoms with van der Waals surface area (Å²) in [6.07, 6.45) is 2.61. The number of pyridine rings is 1. The van der Waals surface area contributed by atoms with Gasteiger partial charge in [0, 0.05) is 33.8 Å². The van der Waals surface area contributed by atoms with Gasteiger partial charge in [0.25, 0.3) is 0 Å². The van der Waals surface area contributed by atoms with E-state index >= 15 is 0 Å². The Kier molecular flexibility index (Phi) is 6.03. The van der Waals surface area contributed by atoms with E-state index in [1.807, 2.05) is 56.6 Å². The fraction of sp³-hybridized carbons (Fsp3) is 0.312. The first-order chi connectivity index (χ1) is 10.1. The second kappa shape index (κ2) is 7.78. The largest absolute Gasteiger partial charge is 0.489 e. The molecule has 2 rings (SSSR count). The van der Waals surface area contributed by atoms with Gasteiger partial charge in [-0.05, 0) is 60.2 Å². The van der Waals surface area contributed by atoms with Crippen LogP contribution in [0.25, 0.3) is 0 Å². The number of hydrogen-bond donors (Lipinski definition) is 1. The van der Waals surface area contributed by atoms with Crippen LogP contribution in [0.3, 0.4) is 0 Å². The molecule has 0 radical (unpaired) electrons. The van der Waals surface area contributed by atoms with Crippen LogP contribution < -0.4 is 10.1 Å². The summed E-state index contributed by atoms with van der Waals surface area (Å²) in [5.74, 6) is 0.777. The fourth-order valence-electron chi connectivity index (χ4n) is 2.09. The zero-order valence-corrected chi connectivity index (χ0v) is 14.4. The molecule has 0 fully saturated rings. The van der Waals surface area contributed by atoms with E-state index in [9.17, 15) is 0 Å². The second-order valence-corrected chi connectivity index (χ2v) is 6.20. The molecule has 2 aromatic rings. The first-order valence-corrected chi connectivity index (χ1v) is 7.95. The van der Waals surface area contributed by atoms with E-state index in [4.69, 9.17) is 16.3 Å². The van der Waals surface area contributed by atoms with Crippen LogP contribution in [0.5, 0.6) is 5.75 Å². The van der Waals surface area contributed by atoms with E-state index in [1.165, 1.54) is 0 Å². The highest BCUT2D eigenvalue weighted by Crippen LogP contribution is 2.20. The number of rotatable bonds is 6. The molecule has 2 unspecified atom stereocenters. The summed E-state index contributed by atoms with van der Waals surface area (Å²) in [7, 11) is 1.93. The normalized spacial score (nSPS) is 13.7. The van der Waals surface area contributed by atoms with Crippen molar-refractivity contribution in [1.82, 2.24) is 10.3 Å². The predicted octanol–water partition coefficient (Wildman–Crippen LogP) is 4.10. The summed E-state index contributed by atoms with van der Waals surface area (Å²) >= 11 is 9.37. The van der Waals surface area contributed by atoms with Crippen LogP contribution in [0.15, 0.2) is 47.1 Å². The van der Waals surface area contributed by atoms with Gasteiger partial charge < -0.3 is 10.1 Å². The molecule has 5 heteroatoms. The van der Waals surface area contributed by atoms with E-state index in [2.05, 4.69) is 26.2 Å². The maximum Gasteiger partial charge on any atom is 0.121 e. The van der Waals surface area contributed by atoms with Crippen LogP contribution in [0, 0.1) is 0 Å². The van der Waals surface area contributed by atoms with E-state index in [-0.39, 0.29) is 12.1 Å². The van der Waals surface area contributed by atoms with Crippen molar-refractivity contribution in [2.45, 2.75) is 25.5 Å². The molecule has 1 N–H and O–H groups in total. The number of hydrogen-bond acceptors (Lipinski definition) is 3. The van der Waals surface area contributed by atoms with Crippen LogP contribution in [0.2, 0.25) is 5.02 Å². The second-order valence-electron chi connectivity index (χ2n) is 4.85. The van der Waals surface area contributed by atoms with Crippen LogP contribution in [0.1, 0.15) is 12.6 Å². The molecule has 0 aliphatic heterocycles. The molecule has 1 aromatic carbocycles. The first kappa shape index (κ1) is 16.3. The number of nitrogens with one attached hydrogen (secondary N) is 1. The minimum atomic E-state index is -0.00101. The van der Waals surface area contributed by atoms with Crippen molar-refractivity contribution in [3.05, 3.63) is 57.8 Å². The number of aromatic nitrogens is 1. The minimum Gasteiger partial charge on any atom is -0.489 e. The Morgan fingerprint density at radius 1 is 1.33 bits per heavy atom. The van der Waals surface area contributed by atoms with Gasteiger partial charge in [0.05, 0.1) is 0 Å². The van der Waals surface area contributed by atoms with Gasteiger partial charge in [0.2, 0.25) is 0 Å². The zero-order chi connectivity index (χ0) is 15.2. The Balaban J connectivity index is 2.01. The lowest BCUT2D eigenvalue weighted by atomic mass is 10.1. The SMILES string of the molecule is CNC(Cc1ccc(Br)cn1)C(C)Oc1cccc(Cl)c1. The molecule has 0 bridgehead atoms. The summed E-state index contributed by atoms with van der Waals surface area (Å²) in [6.45, 7) is 2.04. The summed E-state index contributed by atoms with van der Waals surface area (Å²) in [6, 6.07) is 11.6. The number of likely N-dealkylation sites (N-methyl/N-ethyl adjacent to an activating group) is 1. The third-order valence-corrected chi connectivity index (χ3v) is 3.98. The molecule has 1 heterocycles. The van der Waals surface area contributed by atoms with Crippen LogP contribution in [-0.4, -0.2) is 24.2 Å². The summed E-state index contributed by atoms with van der Waals surface area (Å²) in [5.41, 5.74) is 1.03. The molecule has 0 saturated heterocycles. The Bertz CT molecular complexity index is 577. The van der Waals surface area contributed by atoms with Gasteiger partial charge in [-0.25, -0.2) is 0 Å². The number of nitrogens with zero attached hydrogens (tertiary/aromatic N) is 1. The summed E-state index contributed by atoms with van der Waals surface area (Å²) < 4.78 is 6.94. The van der Waals surface area contributed by atoms with Gasteiger partial charge in [-0.3, -0.25) is 4.98 Å². The molecule has 21 heavy (non-hydrogen) atoms. The highest BCUT2D eigenvalue weighted by Gasteiger charge is 2.18. The van der Waals surface area contributed by atoms with Crippen molar-refractivity contribution in [1.29, 1.82) is 0 Å². The van der Waals surface area contributed by atoms with Gasteiger partial charge in [-0.2, -0.15) is 0 Å². The molecule has 1 aromatic heterocycles. The standard InChI is InChI=1S/C16H18BrClN2O/c1-11(21-15-5-3-4-13(18)8-15)16(19-2)9-14-7-6-12(17)10-20-14/h3-8,10-11,16,19H,9H2,1-2H3. The first-order valence-electron chi connectivity index (χ1n) is 6.78. The number of benzene rings is 1. The Morgan fingerprint density at radius 2 is 2.14 bits per heavy atom. The monoisotopic (exact) mass is 368 g/mol. The third-order valence-electron chi connectivity index (χ3n) is 3.27. The maximum absolute atomic E-state index is 5.98. The molecular weight excluding hydrogens is 352 g/mol. The molecule has 0 spiro atoms. The van der Waals surface area contributed by atoms with Crippen molar-refractivity contribution in [2.24, 2.45) is 0 Å². The van der Waals surface area contributed by atoms with Gasteiger partial charge in [0.15, 0.2) is 0 Å². The molecule has 0 aliphatic rings. The fourth-order valence-corrected chi connectivity index (χ4v) is 2.51. The molecule has 112 valence electrons. The molecule has 2 atom stereocenters. The quantitative estimate of drug-likeness (QED) is 0.832. The Labute approximate surface area is 138 Å². The van der Waals surface area contributed by atoms with Crippen molar-refractivity contribution < 1.29 is 4.74 Å². The van der Waals surface area contributed by atoms with E-state index in [0.29, 0.717) is 5.02 Å². The van der Waals surface area contributed by atoms with E-state index in [0.717, 1.165) is 22.3 Å². The van der Waals surface area contributed by atoms with Crippen LogP contribution in [-0.2, 0) is 6.42 Å². The lowest BCUT2D eigenvalue weighted by molar-refractivity contribution is 0.173. The topological polar surface area (TPSA) is 34.2 Å². The number of halogens is 2. The van der Waals surface area contributed by atoms with Gasteiger partial charge in [0.1, 0.15) is 11.9 Å². The van der Waals surface area contributed by atoms with Gasteiger partial charge in [-0.15, -0.1) is 0 Å². The lowest BCUT2D eigenvalue weighted by Crippen LogP contribution is -2.41. The molecule has 3 nitrogen and oxygen atoms in total. The molecule has 0 aliphatic carbocycles. The highest BCUT2D eigenvalue weighted by molar-refractivity contribution is 9.10. The van der Waals surface area contributed by atoms with Crippen LogP contribution >= 0.6 is 27.5 Å². The summed E-state index contributed by atoms with van der Waals surface area (Å²) in [5, 5.41) is 3.97. The zero-order valence-electron chi connectivity index (χ0n) is 12.0. The molecule has 0 amide bonds. The molecular formula is C16H18BrClN2O. The Hall–Kier alpha value is -1.10. The van der Waals surface area contributed by atoms with Crippen molar-refractivity contribution in [2.75, 3.05) is 7.05 Å². The van der Waals surface area contributed by atoms with E-state index < -0.39 is 0 Å². The smallest absolute Gasteiger partial charge is 0.121 e. The maximum atomic E-state index is 5.98. The Morgan fingerprint density at radius 3 is 2.76 bits per heavy atom. The number of ether oxygens (including phenoxy) is 1. The van der Waals surface area contributed by atoms with Crippen molar-refractivity contribution in [3.63, 3.8) is 0 Å². The predicted molar refractivity (Wildman–Crippen MR) is 90.0 cm³/mol. The van der Waals surface area contributed by atoms with Crippen molar-refractivity contribution in [3.8, 4) is 5.75 Å².